The van der Waals surface area contributed by atoms with Crippen molar-refractivity contribution in [1.29, 1.82) is 0 Å². The molecule has 0 unspecified atom stereocenters. The molecule has 0 radical (unpaired) electrons. The lowest BCUT2D eigenvalue weighted by Crippen LogP contribution is -2.48. The van der Waals surface area contributed by atoms with Gasteiger partial charge in [0.25, 0.3) is 5.91 Å². The number of urea groups is 1. The molecular weight excluding hydrogens is 424 g/mol. The Morgan fingerprint density at radius 2 is 1.94 bits per heavy atom. The standard InChI is InChI=1S/C24H38N4O5/c1-7-11-25-24(31)26-18-9-10-19-20(12-18)33-15-17(4)28(22(29)8-2)13-16(3)21(32-6)14-27(5)23(19)30/h9-10,12,16-17,21H,7-8,11,13-15H2,1-6H3,(H2,25,26,31)/t16-,17-,21-/m0/s1. The molecule has 3 atom stereocenters. The summed E-state index contributed by atoms with van der Waals surface area (Å²) >= 11 is 0. The second-order valence-corrected chi connectivity index (χ2v) is 8.59. The third-order valence-electron chi connectivity index (χ3n) is 5.86. The molecule has 1 aliphatic heterocycles. The summed E-state index contributed by atoms with van der Waals surface area (Å²) in [6.45, 7) is 9.43. The largest absolute Gasteiger partial charge is 0.491 e. The van der Waals surface area contributed by atoms with Gasteiger partial charge in [-0.3, -0.25) is 9.59 Å². The van der Waals surface area contributed by atoms with E-state index < -0.39 is 0 Å². The summed E-state index contributed by atoms with van der Waals surface area (Å²) in [4.78, 5) is 41.4. The van der Waals surface area contributed by atoms with Crippen LogP contribution < -0.4 is 15.4 Å². The number of likely N-dealkylation sites (N-methyl/N-ethyl adjacent to an activating group) is 1. The second kappa shape index (κ2) is 12.4. The zero-order valence-corrected chi connectivity index (χ0v) is 20.6. The topological polar surface area (TPSA) is 100 Å². The minimum atomic E-state index is -0.321. The van der Waals surface area contributed by atoms with Crippen molar-refractivity contribution in [2.45, 2.75) is 52.7 Å². The molecule has 0 aromatic heterocycles. The minimum absolute atomic E-state index is 0.0234. The highest BCUT2D eigenvalue weighted by Gasteiger charge is 2.29. The summed E-state index contributed by atoms with van der Waals surface area (Å²) in [5.74, 6) is 0.224. The van der Waals surface area contributed by atoms with Crippen LogP contribution in [0.2, 0.25) is 0 Å². The zero-order valence-electron chi connectivity index (χ0n) is 20.6. The van der Waals surface area contributed by atoms with Gasteiger partial charge in [0, 0.05) is 57.9 Å². The summed E-state index contributed by atoms with van der Waals surface area (Å²) in [7, 11) is 3.35. The van der Waals surface area contributed by atoms with Gasteiger partial charge in [-0.1, -0.05) is 20.8 Å². The Kier molecular flexibility index (Phi) is 9.96. The Bertz CT molecular complexity index is 831. The number of anilines is 1. The average molecular weight is 463 g/mol. The van der Waals surface area contributed by atoms with Crippen molar-refractivity contribution >= 4 is 23.5 Å². The van der Waals surface area contributed by atoms with Crippen molar-refractivity contribution in [2.75, 3.05) is 45.7 Å². The lowest BCUT2D eigenvalue weighted by molar-refractivity contribution is -0.135. The van der Waals surface area contributed by atoms with Crippen LogP contribution in [0.5, 0.6) is 5.75 Å². The first-order chi connectivity index (χ1) is 15.7. The maximum absolute atomic E-state index is 13.2. The number of nitrogens with zero attached hydrogens (tertiary/aromatic N) is 2. The van der Waals surface area contributed by atoms with E-state index in [0.29, 0.717) is 43.1 Å². The number of carbonyl (C=O) groups excluding carboxylic acids is 3. The molecule has 33 heavy (non-hydrogen) atoms. The van der Waals surface area contributed by atoms with E-state index in [-0.39, 0.29) is 42.5 Å². The van der Waals surface area contributed by atoms with Gasteiger partial charge in [0.05, 0.1) is 17.7 Å². The number of rotatable bonds is 5. The molecule has 184 valence electrons. The van der Waals surface area contributed by atoms with Gasteiger partial charge in [-0.05, 0) is 25.5 Å². The SMILES string of the molecule is CCCNC(=O)Nc1ccc2c(c1)OC[C@H](C)N(C(=O)CC)C[C@H](C)[C@@H](OC)CN(C)C2=O. The highest BCUT2D eigenvalue weighted by molar-refractivity contribution is 5.98. The highest BCUT2D eigenvalue weighted by atomic mass is 16.5. The number of carbonyl (C=O) groups is 3. The maximum Gasteiger partial charge on any atom is 0.319 e. The first kappa shape index (κ1) is 26.4. The molecule has 0 spiro atoms. The molecule has 1 aromatic carbocycles. The summed E-state index contributed by atoms with van der Waals surface area (Å²) < 4.78 is 11.8. The third-order valence-corrected chi connectivity index (χ3v) is 5.86. The van der Waals surface area contributed by atoms with Crippen LogP contribution in [-0.4, -0.2) is 80.2 Å². The summed E-state index contributed by atoms with van der Waals surface area (Å²) in [6.07, 6.45) is 0.989. The molecule has 0 bridgehead atoms. The Morgan fingerprint density at radius 1 is 1.21 bits per heavy atom. The van der Waals surface area contributed by atoms with Crippen molar-refractivity contribution in [3.05, 3.63) is 23.8 Å². The lowest BCUT2D eigenvalue weighted by Gasteiger charge is -2.36. The molecule has 0 saturated carbocycles. The van der Waals surface area contributed by atoms with Gasteiger partial charge in [0.2, 0.25) is 5.91 Å². The molecule has 0 fully saturated rings. The molecule has 0 saturated heterocycles. The van der Waals surface area contributed by atoms with E-state index in [1.807, 2.05) is 32.6 Å². The Balaban J connectivity index is 2.39. The van der Waals surface area contributed by atoms with Gasteiger partial charge < -0.3 is 29.9 Å². The van der Waals surface area contributed by atoms with Crippen molar-refractivity contribution in [1.82, 2.24) is 15.1 Å². The number of methoxy groups -OCH3 is 1. The molecule has 0 aliphatic carbocycles. The molecular formula is C24H38N4O5. The number of amides is 4. The number of ether oxygens (including phenoxy) is 2. The van der Waals surface area contributed by atoms with E-state index in [2.05, 4.69) is 10.6 Å². The average Bonchev–Trinajstić information content (AvgIpc) is 2.81. The van der Waals surface area contributed by atoms with Crippen LogP contribution in [0, 0.1) is 5.92 Å². The van der Waals surface area contributed by atoms with Crippen LogP contribution in [0.4, 0.5) is 10.5 Å². The van der Waals surface area contributed by atoms with Gasteiger partial charge in [-0.15, -0.1) is 0 Å². The Hall–Kier alpha value is -2.81. The Morgan fingerprint density at radius 3 is 2.58 bits per heavy atom. The predicted molar refractivity (Wildman–Crippen MR) is 128 cm³/mol. The van der Waals surface area contributed by atoms with Crippen molar-refractivity contribution in [2.24, 2.45) is 5.92 Å². The van der Waals surface area contributed by atoms with Gasteiger partial charge >= 0.3 is 6.03 Å². The quantitative estimate of drug-likeness (QED) is 0.701. The van der Waals surface area contributed by atoms with Crippen molar-refractivity contribution in [3.8, 4) is 5.75 Å². The van der Waals surface area contributed by atoms with E-state index in [4.69, 9.17) is 9.47 Å². The van der Waals surface area contributed by atoms with E-state index >= 15 is 0 Å². The Labute approximate surface area is 196 Å². The molecule has 4 amide bonds. The fourth-order valence-electron chi connectivity index (χ4n) is 3.81. The van der Waals surface area contributed by atoms with Gasteiger partial charge in [-0.25, -0.2) is 4.79 Å². The van der Waals surface area contributed by atoms with Crippen LogP contribution in [0.25, 0.3) is 0 Å². The second-order valence-electron chi connectivity index (χ2n) is 8.59. The zero-order chi connectivity index (χ0) is 24.5. The van der Waals surface area contributed by atoms with Gasteiger partial charge in [-0.2, -0.15) is 0 Å². The summed E-state index contributed by atoms with van der Waals surface area (Å²) in [6, 6.07) is 4.45. The van der Waals surface area contributed by atoms with E-state index in [0.717, 1.165) is 6.42 Å². The molecule has 1 aromatic rings. The van der Waals surface area contributed by atoms with Gasteiger partial charge in [0.15, 0.2) is 0 Å². The minimum Gasteiger partial charge on any atom is -0.491 e. The first-order valence-corrected chi connectivity index (χ1v) is 11.6. The molecule has 1 aliphatic rings. The first-order valence-electron chi connectivity index (χ1n) is 11.6. The van der Waals surface area contributed by atoms with Gasteiger partial charge in [0.1, 0.15) is 12.4 Å². The van der Waals surface area contributed by atoms with Crippen LogP contribution in [-0.2, 0) is 9.53 Å². The fourth-order valence-corrected chi connectivity index (χ4v) is 3.81. The molecule has 2 N–H and O–H groups in total. The predicted octanol–water partition coefficient (Wildman–Crippen LogP) is 2.96. The number of benzene rings is 1. The monoisotopic (exact) mass is 462 g/mol. The number of nitrogens with one attached hydrogen (secondary N) is 2. The van der Waals surface area contributed by atoms with Crippen LogP contribution >= 0.6 is 0 Å². The fraction of sp³-hybridized carbons (Fsp3) is 0.625. The lowest BCUT2D eigenvalue weighted by atomic mass is 10.0. The maximum atomic E-state index is 13.2. The molecule has 2 rings (SSSR count). The van der Waals surface area contributed by atoms with E-state index in [9.17, 15) is 14.4 Å². The van der Waals surface area contributed by atoms with Crippen molar-refractivity contribution < 1.29 is 23.9 Å². The molecule has 9 heteroatoms. The van der Waals surface area contributed by atoms with Crippen LogP contribution in [0.15, 0.2) is 18.2 Å². The van der Waals surface area contributed by atoms with Crippen LogP contribution in [0.3, 0.4) is 0 Å². The number of hydrogen-bond acceptors (Lipinski definition) is 5. The highest BCUT2D eigenvalue weighted by Crippen LogP contribution is 2.27. The number of fused-ring (bicyclic) bond motifs is 1. The van der Waals surface area contributed by atoms with Crippen molar-refractivity contribution in [3.63, 3.8) is 0 Å². The summed E-state index contributed by atoms with van der Waals surface area (Å²) in [5.41, 5.74) is 0.906. The molecule has 1 heterocycles. The third kappa shape index (κ3) is 7.08. The van der Waals surface area contributed by atoms with E-state index in [1.165, 1.54) is 0 Å². The number of hydrogen-bond donors (Lipinski definition) is 2. The molecule has 9 nitrogen and oxygen atoms in total. The normalized spacial score (nSPS) is 21.9. The van der Waals surface area contributed by atoms with E-state index in [1.54, 1.807) is 37.3 Å². The summed E-state index contributed by atoms with van der Waals surface area (Å²) in [5, 5.41) is 5.52. The smallest absolute Gasteiger partial charge is 0.319 e. The van der Waals surface area contributed by atoms with Crippen LogP contribution in [0.1, 0.15) is 50.9 Å².